The van der Waals surface area contributed by atoms with Gasteiger partial charge in [0.25, 0.3) is 0 Å². The maximum atomic E-state index is 10.8. The van der Waals surface area contributed by atoms with E-state index < -0.39 is 18.3 Å². The van der Waals surface area contributed by atoms with Gasteiger partial charge in [0.2, 0.25) is 0 Å². The molecule has 0 amide bonds. The van der Waals surface area contributed by atoms with E-state index in [9.17, 15) is 10.2 Å². The largest absolute Gasteiger partial charge is 0.487 e. The molecule has 0 radical (unpaired) electrons. The van der Waals surface area contributed by atoms with Crippen molar-refractivity contribution in [2.45, 2.75) is 50.7 Å². The van der Waals surface area contributed by atoms with Crippen LogP contribution in [0, 0.1) is 6.92 Å². The zero-order chi connectivity index (χ0) is 20.1. The number of hydrogen-bond donors (Lipinski definition) is 2. The molecule has 3 heterocycles. The van der Waals surface area contributed by atoms with E-state index in [0.717, 1.165) is 42.0 Å². The topological polar surface area (TPSA) is 83.6 Å². The third-order valence-electron chi connectivity index (χ3n) is 6.36. The second-order valence-electron chi connectivity index (χ2n) is 8.24. The Morgan fingerprint density at radius 1 is 1.14 bits per heavy atom. The molecule has 0 saturated heterocycles. The molecule has 7 nitrogen and oxygen atoms in total. The summed E-state index contributed by atoms with van der Waals surface area (Å²) in [5.74, 6) is 0.807. The minimum absolute atomic E-state index is 0.302. The maximum absolute atomic E-state index is 10.8. The highest BCUT2D eigenvalue weighted by Crippen LogP contribution is 2.37. The quantitative estimate of drug-likeness (QED) is 0.705. The average Bonchev–Trinajstić information content (AvgIpc) is 3.26. The lowest BCUT2D eigenvalue weighted by Gasteiger charge is -2.28. The predicted octanol–water partition coefficient (Wildman–Crippen LogP) is 1.84. The molecule has 1 unspecified atom stereocenters. The van der Waals surface area contributed by atoms with Gasteiger partial charge >= 0.3 is 0 Å². The summed E-state index contributed by atoms with van der Waals surface area (Å²) in [5.41, 5.74) is 4.15. The fourth-order valence-corrected chi connectivity index (χ4v) is 4.68. The van der Waals surface area contributed by atoms with E-state index in [2.05, 4.69) is 28.0 Å². The Labute approximate surface area is 169 Å². The second kappa shape index (κ2) is 7.09. The lowest BCUT2D eigenvalue weighted by atomic mass is 9.99. The molecule has 0 bridgehead atoms. The lowest BCUT2D eigenvalue weighted by Crippen LogP contribution is -2.35. The maximum Gasteiger partial charge on any atom is 0.143 e. The Balaban J connectivity index is 1.43. The molecule has 3 aromatic rings. The van der Waals surface area contributed by atoms with Gasteiger partial charge in [-0.15, -0.1) is 0 Å². The van der Waals surface area contributed by atoms with Crippen LogP contribution in [0.2, 0.25) is 0 Å². The van der Waals surface area contributed by atoms with Gasteiger partial charge in [0, 0.05) is 36.7 Å². The van der Waals surface area contributed by atoms with E-state index in [4.69, 9.17) is 4.74 Å². The minimum Gasteiger partial charge on any atom is -0.487 e. The summed E-state index contributed by atoms with van der Waals surface area (Å²) in [6.07, 6.45) is 2.59. The number of aromatic nitrogens is 3. The number of aliphatic hydroxyl groups is 2. The summed E-state index contributed by atoms with van der Waals surface area (Å²) < 4.78 is 8.23. The number of fused-ring (bicyclic) bond motifs is 2. The summed E-state index contributed by atoms with van der Waals surface area (Å²) >= 11 is 0. The van der Waals surface area contributed by atoms with Crippen molar-refractivity contribution in [1.82, 2.24) is 19.4 Å². The molecule has 0 spiro atoms. The normalized spacial score (nSPS) is 27.3. The zero-order valence-corrected chi connectivity index (χ0v) is 16.7. The lowest BCUT2D eigenvalue weighted by molar-refractivity contribution is -0.0167. The van der Waals surface area contributed by atoms with E-state index in [0.29, 0.717) is 6.42 Å². The van der Waals surface area contributed by atoms with Crippen molar-refractivity contribution in [3.05, 3.63) is 53.6 Å². The van der Waals surface area contributed by atoms with E-state index in [1.54, 1.807) is 0 Å². The second-order valence-corrected chi connectivity index (χ2v) is 8.24. The molecule has 4 atom stereocenters. The van der Waals surface area contributed by atoms with E-state index >= 15 is 0 Å². The Hall–Kier alpha value is -2.48. The predicted molar refractivity (Wildman–Crippen MR) is 109 cm³/mol. The van der Waals surface area contributed by atoms with Crippen LogP contribution >= 0.6 is 0 Å². The highest BCUT2D eigenvalue weighted by atomic mass is 16.5. The van der Waals surface area contributed by atoms with E-state index in [1.807, 2.05) is 35.9 Å². The van der Waals surface area contributed by atoms with Crippen LogP contribution in [-0.2, 0) is 13.0 Å². The third-order valence-corrected chi connectivity index (χ3v) is 6.36. The molecule has 1 aliphatic carbocycles. The molecule has 152 valence electrons. The Morgan fingerprint density at radius 2 is 2.00 bits per heavy atom. The van der Waals surface area contributed by atoms with Gasteiger partial charge < -0.3 is 24.4 Å². The van der Waals surface area contributed by atoms with Crippen molar-refractivity contribution >= 4 is 11.0 Å². The van der Waals surface area contributed by atoms with Gasteiger partial charge in [0.15, 0.2) is 0 Å². The Bertz CT molecular complexity index is 1050. The van der Waals surface area contributed by atoms with Crippen molar-refractivity contribution < 1.29 is 14.9 Å². The first-order chi connectivity index (χ1) is 14.0. The Morgan fingerprint density at radius 3 is 2.86 bits per heavy atom. The number of nitrogens with zero attached hydrogens (tertiary/aromatic N) is 4. The van der Waals surface area contributed by atoms with Gasteiger partial charge in [0.1, 0.15) is 36.0 Å². The van der Waals surface area contributed by atoms with Gasteiger partial charge in [-0.2, -0.15) is 0 Å². The standard InChI is InChI=1S/C22H26N4O3/c1-13-15-7-9-26(22(15)24-12-23-13)17-10-19(21(28)20(17)27)29-18-5-3-4-14-6-8-25(2)11-16(14)18/h3-5,7,9,12,17,19-21,27-28H,6,8,10-11H2,1-2H3/t17?,19-,20-,21+/m0/s1. The van der Waals surface area contributed by atoms with Crippen molar-refractivity contribution in [2.24, 2.45) is 0 Å². The number of aryl methyl sites for hydroxylation is 1. The highest BCUT2D eigenvalue weighted by molar-refractivity contribution is 5.78. The van der Waals surface area contributed by atoms with Crippen molar-refractivity contribution in [2.75, 3.05) is 13.6 Å². The summed E-state index contributed by atoms with van der Waals surface area (Å²) in [4.78, 5) is 10.9. The molecule has 7 heteroatoms. The number of rotatable bonds is 3. The first kappa shape index (κ1) is 18.5. The summed E-state index contributed by atoms with van der Waals surface area (Å²) in [6, 6.07) is 7.77. The molecule has 2 N–H and O–H groups in total. The van der Waals surface area contributed by atoms with Crippen LogP contribution in [0.3, 0.4) is 0 Å². The van der Waals surface area contributed by atoms with Crippen LogP contribution in [0.5, 0.6) is 5.75 Å². The SMILES string of the molecule is Cc1ncnc2c1ccn2C1C[C@H](Oc2cccc3c2CN(C)CC3)[C@@H](O)[C@H]1O. The third kappa shape index (κ3) is 3.10. The van der Waals surface area contributed by atoms with Crippen LogP contribution < -0.4 is 4.74 Å². The van der Waals surface area contributed by atoms with Crippen LogP contribution in [0.25, 0.3) is 11.0 Å². The zero-order valence-electron chi connectivity index (χ0n) is 16.7. The number of likely N-dealkylation sites (N-methyl/N-ethyl adjacent to an activating group) is 1. The van der Waals surface area contributed by atoms with Crippen molar-refractivity contribution in [3.8, 4) is 5.75 Å². The summed E-state index contributed by atoms with van der Waals surface area (Å²) in [7, 11) is 2.10. The molecule has 29 heavy (non-hydrogen) atoms. The van der Waals surface area contributed by atoms with Gasteiger partial charge in [0.05, 0.1) is 11.7 Å². The highest BCUT2D eigenvalue weighted by Gasteiger charge is 2.44. The fourth-order valence-electron chi connectivity index (χ4n) is 4.68. The molecule has 5 rings (SSSR count). The monoisotopic (exact) mass is 394 g/mol. The molecule has 1 aromatic carbocycles. The molecule has 1 fully saturated rings. The van der Waals surface area contributed by atoms with Gasteiger partial charge in [-0.1, -0.05) is 12.1 Å². The number of aliphatic hydroxyl groups excluding tert-OH is 2. The van der Waals surface area contributed by atoms with Crippen LogP contribution in [0.1, 0.15) is 29.3 Å². The van der Waals surface area contributed by atoms with Crippen molar-refractivity contribution in [1.29, 1.82) is 0 Å². The van der Waals surface area contributed by atoms with Gasteiger partial charge in [-0.3, -0.25) is 0 Å². The molecule has 1 saturated carbocycles. The first-order valence-corrected chi connectivity index (χ1v) is 10.1. The molecule has 2 aromatic heterocycles. The van der Waals surface area contributed by atoms with Gasteiger partial charge in [-0.25, -0.2) is 9.97 Å². The van der Waals surface area contributed by atoms with Crippen LogP contribution in [-0.4, -0.2) is 61.6 Å². The average molecular weight is 394 g/mol. The minimum atomic E-state index is -0.961. The number of hydrogen-bond acceptors (Lipinski definition) is 6. The smallest absolute Gasteiger partial charge is 0.143 e. The van der Waals surface area contributed by atoms with Crippen LogP contribution in [0.15, 0.2) is 36.8 Å². The van der Waals surface area contributed by atoms with E-state index in [1.165, 1.54) is 17.5 Å². The van der Waals surface area contributed by atoms with Crippen molar-refractivity contribution in [3.63, 3.8) is 0 Å². The van der Waals surface area contributed by atoms with Crippen LogP contribution in [0.4, 0.5) is 0 Å². The first-order valence-electron chi connectivity index (χ1n) is 10.1. The summed E-state index contributed by atoms with van der Waals surface area (Å²) in [5, 5.41) is 22.5. The molecule has 2 aliphatic rings. The Kier molecular flexibility index (Phi) is 4.53. The van der Waals surface area contributed by atoms with E-state index in [-0.39, 0.29) is 6.04 Å². The molecule has 1 aliphatic heterocycles. The number of ether oxygens (including phenoxy) is 1. The summed E-state index contributed by atoms with van der Waals surface area (Å²) in [6.45, 7) is 3.81. The molecular formula is C22H26N4O3. The fraction of sp³-hybridized carbons (Fsp3) is 0.455. The number of benzene rings is 1. The van der Waals surface area contributed by atoms with Gasteiger partial charge in [-0.05, 0) is 38.1 Å². The molecular weight excluding hydrogens is 368 g/mol.